The van der Waals surface area contributed by atoms with E-state index in [1.54, 1.807) is 13.2 Å². The van der Waals surface area contributed by atoms with E-state index in [0.29, 0.717) is 12.2 Å². The summed E-state index contributed by atoms with van der Waals surface area (Å²) >= 11 is 0. The number of nitrogens with two attached hydrogens (primary N) is 1. The molecule has 3 N–H and O–H groups in total. The van der Waals surface area contributed by atoms with Crippen molar-refractivity contribution in [1.82, 2.24) is 4.57 Å². The largest absolute Gasteiger partial charge is 0.497 e. The van der Waals surface area contributed by atoms with Crippen molar-refractivity contribution < 1.29 is 9.94 Å². The summed E-state index contributed by atoms with van der Waals surface area (Å²) < 4.78 is 7.08. The zero-order valence-corrected chi connectivity index (χ0v) is 10.1. The Morgan fingerprint density at radius 3 is 2.94 bits per heavy atom. The number of aromatic nitrogens is 1. The second-order valence-electron chi connectivity index (χ2n) is 3.86. The molecule has 94 valence electrons. The van der Waals surface area contributed by atoms with Crippen LogP contribution in [0, 0.1) is 0 Å². The van der Waals surface area contributed by atoms with Crippen LogP contribution in [0.25, 0.3) is 0 Å². The van der Waals surface area contributed by atoms with Gasteiger partial charge in [0.2, 0.25) is 0 Å². The molecule has 0 aliphatic heterocycles. The van der Waals surface area contributed by atoms with Crippen LogP contribution in [0.5, 0.6) is 5.75 Å². The minimum absolute atomic E-state index is 0.0999. The van der Waals surface area contributed by atoms with Crippen molar-refractivity contribution in [2.75, 3.05) is 7.11 Å². The topological polar surface area (TPSA) is 72.8 Å². The summed E-state index contributed by atoms with van der Waals surface area (Å²) in [6.07, 6.45) is 1.88. The maximum atomic E-state index is 8.71. The summed E-state index contributed by atoms with van der Waals surface area (Å²) in [6, 6.07) is 11.4. The lowest BCUT2D eigenvalue weighted by Crippen LogP contribution is -2.18. The van der Waals surface area contributed by atoms with Gasteiger partial charge in [0.05, 0.1) is 12.8 Å². The van der Waals surface area contributed by atoms with Gasteiger partial charge in [0.25, 0.3) is 0 Å². The highest BCUT2D eigenvalue weighted by molar-refractivity contribution is 5.95. The average molecular weight is 245 g/mol. The number of hydrogen-bond acceptors (Lipinski definition) is 3. The van der Waals surface area contributed by atoms with E-state index in [9.17, 15) is 0 Å². The van der Waals surface area contributed by atoms with E-state index in [-0.39, 0.29) is 5.84 Å². The number of benzene rings is 1. The summed E-state index contributed by atoms with van der Waals surface area (Å²) in [6.45, 7) is 0.635. The molecule has 18 heavy (non-hydrogen) atoms. The van der Waals surface area contributed by atoms with Crippen molar-refractivity contribution in [3.63, 3.8) is 0 Å². The second kappa shape index (κ2) is 5.27. The summed E-state index contributed by atoms with van der Waals surface area (Å²) in [7, 11) is 1.64. The normalized spacial score (nSPS) is 11.5. The number of oxime groups is 1. The molecule has 0 saturated heterocycles. The first kappa shape index (κ1) is 12.0. The van der Waals surface area contributed by atoms with Gasteiger partial charge in [0.1, 0.15) is 5.75 Å². The highest BCUT2D eigenvalue weighted by Gasteiger charge is 2.06. The smallest absolute Gasteiger partial charge is 0.186 e. The molecule has 5 nitrogen and oxygen atoms in total. The molecule has 0 amide bonds. The maximum Gasteiger partial charge on any atom is 0.186 e. The molecule has 0 saturated carbocycles. The first-order valence-corrected chi connectivity index (χ1v) is 5.50. The van der Waals surface area contributed by atoms with Crippen LogP contribution in [-0.2, 0) is 6.54 Å². The Kier molecular flexibility index (Phi) is 3.52. The van der Waals surface area contributed by atoms with Gasteiger partial charge in [-0.2, -0.15) is 0 Å². The molecule has 2 aromatic rings. The van der Waals surface area contributed by atoms with Crippen LogP contribution >= 0.6 is 0 Å². The first-order valence-electron chi connectivity index (χ1n) is 5.50. The Hall–Kier alpha value is -2.43. The second-order valence-corrected chi connectivity index (χ2v) is 3.86. The quantitative estimate of drug-likeness (QED) is 0.372. The summed E-state index contributed by atoms with van der Waals surface area (Å²) in [4.78, 5) is 0. The van der Waals surface area contributed by atoms with Gasteiger partial charge >= 0.3 is 0 Å². The third-order valence-corrected chi connectivity index (χ3v) is 2.69. The molecule has 5 heteroatoms. The van der Waals surface area contributed by atoms with E-state index in [2.05, 4.69) is 5.16 Å². The fourth-order valence-corrected chi connectivity index (χ4v) is 1.80. The van der Waals surface area contributed by atoms with Gasteiger partial charge in [0.15, 0.2) is 5.84 Å². The summed E-state index contributed by atoms with van der Waals surface area (Å²) in [5.74, 6) is 0.910. The van der Waals surface area contributed by atoms with Crippen LogP contribution in [0.2, 0.25) is 0 Å². The van der Waals surface area contributed by atoms with Crippen molar-refractivity contribution in [2.24, 2.45) is 10.9 Å². The molecule has 0 unspecified atom stereocenters. The summed E-state index contributed by atoms with van der Waals surface area (Å²) in [5.41, 5.74) is 7.37. The predicted octanol–water partition coefficient (Wildman–Crippen LogP) is 1.64. The molecule has 0 atom stereocenters. The molecule has 1 aromatic heterocycles. The highest BCUT2D eigenvalue weighted by Crippen LogP contribution is 2.14. The Balaban J connectivity index is 2.26. The number of nitrogens with zero attached hydrogens (tertiary/aromatic N) is 2. The lowest BCUT2D eigenvalue weighted by atomic mass is 10.2. The van der Waals surface area contributed by atoms with E-state index in [0.717, 1.165) is 11.3 Å². The molecule has 1 aromatic carbocycles. The molecule has 0 aliphatic carbocycles. The zero-order chi connectivity index (χ0) is 13.0. The predicted molar refractivity (Wildman–Crippen MR) is 69.0 cm³/mol. The molecule has 0 aliphatic rings. The van der Waals surface area contributed by atoms with Gasteiger partial charge in [-0.3, -0.25) is 0 Å². The molecule has 0 spiro atoms. The molecule has 1 heterocycles. The van der Waals surface area contributed by atoms with Crippen molar-refractivity contribution in [1.29, 1.82) is 0 Å². The molecule has 0 fully saturated rings. The van der Waals surface area contributed by atoms with Gasteiger partial charge in [-0.1, -0.05) is 17.3 Å². The van der Waals surface area contributed by atoms with Gasteiger partial charge in [-0.15, -0.1) is 0 Å². The molecule has 2 rings (SSSR count). The first-order chi connectivity index (χ1) is 8.74. The minimum atomic E-state index is 0.0999. The van der Waals surface area contributed by atoms with Crippen LogP contribution < -0.4 is 10.5 Å². The van der Waals surface area contributed by atoms with E-state index in [1.165, 1.54) is 0 Å². The van der Waals surface area contributed by atoms with Crippen molar-refractivity contribution in [2.45, 2.75) is 6.54 Å². The van der Waals surface area contributed by atoms with Crippen LogP contribution in [0.4, 0.5) is 0 Å². The minimum Gasteiger partial charge on any atom is -0.497 e. The van der Waals surface area contributed by atoms with Gasteiger partial charge in [-0.25, -0.2) is 0 Å². The number of methoxy groups -OCH3 is 1. The number of amidine groups is 1. The fourth-order valence-electron chi connectivity index (χ4n) is 1.80. The van der Waals surface area contributed by atoms with Crippen LogP contribution in [0.1, 0.15) is 11.3 Å². The van der Waals surface area contributed by atoms with E-state index in [1.807, 2.05) is 41.1 Å². The fraction of sp³-hybridized carbons (Fsp3) is 0.154. The van der Waals surface area contributed by atoms with Crippen LogP contribution in [-0.4, -0.2) is 22.7 Å². The lowest BCUT2D eigenvalue weighted by Gasteiger charge is -2.09. The Bertz CT molecular complexity index is 561. The number of hydrogen-bond donors (Lipinski definition) is 2. The molecular weight excluding hydrogens is 230 g/mol. The maximum absolute atomic E-state index is 8.71. The van der Waals surface area contributed by atoms with Crippen molar-refractivity contribution in [3.8, 4) is 5.75 Å². The molecular formula is C13H15N3O2. The number of ether oxygens (including phenoxy) is 1. The standard InChI is InChI=1S/C13H15N3O2/c1-18-11-5-2-4-10(8-11)9-16-7-3-6-12(16)13(14)15-17/h2-8,17H,9H2,1H3,(H2,14,15). The van der Waals surface area contributed by atoms with E-state index >= 15 is 0 Å². The molecule has 0 bridgehead atoms. The van der Waals surface area contributed by atoms with Crippen molar-refractivity contribution in [3.05, 3.63) is 53.9 Å². The average Bonchev–Trinajstić information content (AvgIpc) is 2.86. The Labute approximate surface area is 105 Å². The molecule has 0 radical (unpaired) electrons. The Morgan fingerprint density at radius 1 is 1.39 bits per heavy atom. The van der Waals surface area contributed by atoms with Crippen LogP contribution in [0.3, 0.4) is 0 Å². The van der Waals surface area contributed by atoms with E-state index in [4.69, 9.17) is 15.7 Å². The number of rotatable bonds is 4. The highest BCUT2D eigenvalue weighted by atomic mass is 16.5. The monoisotopic (exact) mass is 245 g/mol. The Morgan fingerprint density at radius 2 is 2.22 bits per heavy atom. The van der Waals surface area contributed by atoms with Gasteiger partial charge < -0.3 is 20.2 Å². The zero-order valence-electron chi connectivity index (χ0n) is 10.1. The third kappa shape index (κ3) is 2.45. The lowest BCUT2D eigenvalue weighted by molar-refractivity contribution is 0.318. The van der Waals surface area contributed by atoms with E-state index < -0.39 is 0 Å². The summed E-state index contributed by atoms with van der Waals surface area (Å²) in [5, 5.41) is 11.7. The van der Waals surface area contributed by atoms with Crippen molar-refractivity contribution >= 4 is 5.84 Å². The van der Waals surface area contributed by atoms with Gasteiger partial charge in [0, 0.05) is 12.7 Å². The SMILES string of the molecule is COc1cccc(Cn2cccc2/C(N)=N/O)c1. The van der Waals surface area contributed by atoms with Gasteiger partial charge in [-0.05, 0) is 29.8 Å². The third-order valence-electron chi connectivity index (χ3n) is 2.69. The van der Waals surface area contributed by atoms with Crippen LogP contribution in [0.15, 0.2) is 47.8 Å².